The molecular weight excluding hydrogens is 558 g/mol. The van der Waals surface area contributed by atoms with E-state index in [2.05, 4.69) is 10.6 Å². The van der Waals surface area contributed by atoms with Crippen molar-refractivity contribution in [2.45, 2.75) is 77.1 Å². The third-order valence-electron chi connectivity index (χ3n) is 7.95. The minimum Gasteiger partial charge on any atom is -0.491 e. The van der Waals surface area contributed by atoms with Gasteiger partial charge in [-0.25, -0.2) is 4.79 Å². The molecule has 0 aromatic heterocycles. The molecule has 2 aromatic rings. The summed E-state index contributed by atoms with van der Waals surface area (Å²) in [5, 5.41) is 6.02. The summed E-state index contributed by atoms with van der Waals surface area (Å²) in [7, 11) is 0. The predicted molar refractivity (Wildman–Crippen MR) is 159 cm³/mol. The first-order valence-corrected chi connectivity index (χ1v) is 15.1. The second kappa shape index (κ2) is 15.6. The second-order valence-electron chi connectivity index (χ2n) is 11.2. The third kappa shape index (κ3) is 9.21. The van der Waals surface area contributed by atoms with Gasteiger partial charge in [-0.2, -0.15) is 0 Å². The van der Waals surface area contributed by atoms with Crippen molar-refractivity contribution < 1.29 is 28.7 Å². The monoisotopic (exact) mass is 597 g/mol. The number of amides is 3. The molecule has 1 aliphatic carbocycles. The lowest BCUT2D eigenvalue weighted by Crippen LogP contribution is -2.51. The van der Waals surface area contributed by atoms with Crippen molar-refractivity contribution in [1.29, 1.82) is 0 Å². The van der Waals surface area contributed by atoms with Crippen molar-refractivity contribution in [3.8, 4) is 5.75 Å². The number of hydrogen-bond donors (Lipinski definition) is 2. The molecule has 0 radical (unpaired) electrons. The Morgan fingerprint density at radius 3 is 2.64 bits per heavy atom. The number of benzene rings is 2. The van der Waals surface area contributed by atoms with Gasteiger partial charge in [0.05, 0.1) is 12.6 Å². The van der Waals surface area contributed by atoms with E-state index >= 15 is 0 Å². The van der Waals surface area contributed by atoms with Crippen LogP contribution in [0.2, 0.25) is 5.02 Å². The van der Waals surface area contributed by atoms with Gasteiger partial charge in [-0.05, 0) is 42.5 Å². The van der Waals surface area contributed by atoms with Gasteiger partial charge < -0.3 is 29.8 Å². The second-order valence-corrected chi connectivity index (χ2v) is 11.7. The summed E-state index contributed by atoms with van der Waals surface area (Å²) >= 11 is 6.02. The molecule has 0 spiro atoms. The van der Waals surface area contributed by atoms with Gasteiger partial charge in [-0.1, -0.05) is 81.0 Å². The molecule has 1 saturated carbocycles. The van der Waals surface area contributed by atoms with Crippen molar-refractivity contribution >= 4 is 35.8 Å². The van der Waals surface area contributed by atoms with Gasteiger partial charge >= 0.3 is 6.09 Å². The summed E-state index contributed by atoms with van der Waals surface area (Å²) in [4.78, 5) is 53.2. The maximum atomic E-state index is 13.4. The lowest BCUT2D eigenvalue weighted by Gasteiger charge is -2.28. The summed E-state index contributed by atoms with van der Waals surface area (Å²) < 4.78 is 11.1. The smallest absolute Gasteiger partial charge is 0.408 e. The Hall–Kier alpha value is -3.59. The standard InChI is InChI=1S/C32H40ClN3O6/c1-22(31(39)36-14-15-41-29-13-6-5-11-25(29)19-36)16-27(20-37)34-30(38)28(18-23-8-3-2-4-9-23)35-32(40)42-21-24-10-7-12-26(33)17-24/h5-7,10-13,17,20,22-23,27-28H,2-4,8-9,14-16,18-19,21H2,1H3,(H,34,38)(H,35,40)/t22?,27-,28-/m0/s1. The van der Waals surface area contributed by atoms with Gasteiger partial charge in [0, 0.05) is 23.0 Å². The molecule has 3 atom stereocenters. The Bertz CT molecular complexity index is 1230. The average molecular weight is 598 g/mol. The number of fused-ring (bicyclic) bond motifs is 1. The molecule has 2 aliphatic rings. The van der Waals surface area contributed by atoms with Crippen LogP contribution in [-0.2, 0) is 32.3 Å². The minimum atomic E-state index is -0.884. The zero-order valence-electron chi connectivity index (χ0n) is 24.1. The van der Waals surface area contributed by atoms with Crippen LogP contribution >= 0.6 is 11.6 Å². The highest BCUT2D eigenvalue weighted by Gasteiger charge is 2.30. The molecule has 1 fully saturated rings. The van der Waals surface area contributed by atoms with Crippen molar-refractivity contribution in [3.63, 3.8) is 0 Å². The third-order valence-corrected chi connectivity index (χ3v) is 8.18. The summed E-state index contributed by atoms with van der Waals surface area (Å²) in [5.41, 5.74) is 1.65. The Morgan fingerprint density at radius 2 is 1.88 bits per heavy atom. The number of ether oxygens (including phenoxy) is 2. The Labute approximate surface area is 252 Å². The van der Waals surface area contributed by atoms with Crippen LogP contribution in [-0.4, -0.2) is 54.3 Å². The fraction of sp³-hybridized carbons (Fsp3) is 0.500. The quantitative estimate of drug-likeness (QED) is 0.351. The van der Waals surface area contributed by atoms with Crippen LogP contribution in [0.1, 0.15) is 63.0 Å². The van der Waals surface area contributed by atoms with Crippen LogP contribution in [0.3, 0.4) is 0 Å². The number of alkyl carbamates (subject to hydrolysis) is 1. The van der Waals surface area contributed by atoms with Crippen LogP contribution in [0, 0.1) is 11.8 Å². The minimum absolute atomic E-state index is 0.00671. The van der Waals surface area contributed by atoms with Crippen molar-refractivity contribution in [2.24, 2.45) is 11.8 Å². The molecule has 2 N–H and O–H groups in total. The summed E-state index contributed by atoms with van der Waals surface area (Å²) in [5.74, 6) is -0.0442. The molecule has 0 saturated heterocycles. The first-order chi connectivity index (χ1) is 20.3. The fourth-order valence-electron chi connectivity index (χ4n) is 5.69. The van der Waals surface area contributed by atoms with Crippen molar-refractivity contribution in [1.82, 2.24) is 15.5 Å². The molecule has 1 heterocycles. The Balaban J connectivity index is 1.35. The maximum absolute atomic E-state index is 13.4. The molecular formula is C32H40ClN3O6. The van der Waals surface area contributed by atoms with Crippen LogP contribution < -0.4 is 15.4 Å². The van der Waals surface area contributed by atoms with E-state index in [1.807, 2.05) is 24.3 Å². The molecule has 10 heteroatoms. The molecule has 42 heavy (non-hydrogen) atoms. The molecule has 2 aromatic carbocycles. The van der Waals surface area contributed by atoms with E-state index in [-0.39, 0.29) is 24.9 Å². The summed E-state index contributed by atoms with van der Waals surface area (Å²) in [6.45, 7) is 2.99. The number of nitrogens with one attached hydrogen (secondary N) is 2. The topological polar surface area (TPSA) is 114 Å². The first kappa shape index (κ1) is 31.3. The molecule has 9 nitrogen and oxygen atoms in total. The first-order valence-electron chi connectivity index (χ1n) is 14.7. The number of para-hydroxylation sites is 1. The lowest BCUT2D eigenvalue weighted by molar-refractivity contribution is -0.136. The van der Waals surface area contributed by atoms with E-state index < -0.39 is 30.0 Å². The maximum Gasteiger partial charge on any atom is 0.408 e. The highest BCUT2D eigenvalue weighted by Crippen LogP contribution is 2.28. The number of rotatable bonds is 11. The number of aldehydes is 1. The van der Waals surface area contributed by atoms with Crippen molar-refractivity contribution in [3.05, 3.63) is 64.7 Å². The van der Waals surface area contributed by atoms with Crippen molar-refractivity contribution in [2.75, 3.05) is 13.2 Å². The van der Waals surface area contributed by atoms with Gasteiger partial charge in [-0.3, -0.25) is 9.59 Å². The fourth-order valence-corrected chi connectivity index (χ4v) is 5.90. The molecule has 1 aliphatic heterocycles. The Kier molecular flexibility index (Phi) is 11.6. The van der Waals surface area contributed by atoms with Crippen LogP contribution in [0.15, 0.2) is 48.5 Å². The molecule has 226 valence electrons. The average Bonchev–Trinajstić information content (AvgIpc) is 3.22. The van der Waals surface area contributed by atoms with Gasteiger partial charge in [0.25, 0.3) is 0 Å². The Morgan fingerprint density at radius 1 is 1.10 bits per heavy atom. The zero-order valence-corrected chi connectivity index (χ0v) is 24.8. The predicted octanol–water partition coefficient (Wildman–Crippen LogP) is 5.04. The van der Waals surface area contributed by atoms with E-state index in [0.29, 0.717) is 37.4 Å². The number of carbonyl (C=O) groups is 4. The summed E-state index contributed by atoms with van der Waals surface area (Å²) in [6, 6.07) is 12.9. The highest BCUT2D eigenvalue weighted by atomic mass is 35.5. The van der Waals surface area contributed by atoms with Crippen LogP contribution in [0.5, 0.6) is 5.75 Å². The zero-order chi connectivity index (χ0) is 29.9. The van der Waals surface area contributed by atoms with Gasteiger partial charge in [0.1, 0.15) is 31.3 Å². The molecule has 1 unspecified atom stereocenters. The number of nitrogens with zero attached hydrogens (tertiary/aromatic N) is 1. The number of carbonyl (C=O) groups excluding carboxylic acids is 4. The highest BCUT2D eigenvalue weighted by molar-refractivity contribution is 6.30. The van der Waals surface area contributed by atoms with Crippen LogP contribution in [0.4, 0.5) is 4.79 Å². The van der Waals surface area contributed by atoms with E-state index in [9.17, 15) is 19.2 Å². The van der Waals surface area contributed by atoms with Gasteiger partial charge in [-0.15, -0.1) is 0 Å². The number of hydrogen-bond acceptors (Lipinski definition) is 6. The van der Waals surface area contributed by atoms with E-state index in [1.54, 1.807) is 36.1 Å². The van der Waals surface area contributed by atoms with E-state index in [1.165, 1.54) is 0 Å². The lowest BCUT2D eigenvalue weighted by atomic mass is 9.84. The molecule has 0 bridgehead atoms. The SMILES string of the molecule is CC(C[C@@H](C=O)NC(=O)[C@H](CC1CCCCC1)NC(=O)OCc1cccc(Cl)c1)C(=O)N1CCOc2ccccc2C1. The van der Waals surface area contributed by atoms with E-state index in [4.69, 9.17) is 21.1 Å². The number of halogens is 1. The molecule has 4 rings (SSSR count). The van der Waals surface area contributed by atoms with Gasteiger partial charge in [0.15, 0.2) is 0 Å². The largest absolute Gasteiger partial charge is 0.491 e. The molecule has 3 amide bonds. The van der Waals surface area contributed by atoms with E-state index in [0.717, 1.165) is 49.0 Å². The van der Waals surface area contributed by atoms with Crippen LogP contribution in [0.25, 0.3) is 0 Å². The van der Waals surface area contributed by atoms with Gasteiger partial charge in [0.2, 0.25) is 11.8 Å². The normalized spacial score (nSPS) is 17.4. The summed E-state index contributed by atoms with van der Waals surface area (Å²) in [6.07, 6.45) is 5.81.